The highest BCUT2D eigenvalue weighted by Crippen LogP contribution is 2.19. The first-order valence-corrected chi connectivity index (χ1v) is 8.42. The first kappa shape index (κ1) is 17.5. The normalized spacial score (nSPS) is 18.2. The van der Waals surface area contributed by atoms with Crippen molar-refractivity contribution in [1.82, 2.24) is 14.9 Å². The van der Waals surface area contributed by atoms with Gasteiger partial charge in [-0.2, -0.15) is 0 Å². The Labute approximate surface area is 138 Å². The van der Waals surface area contributed by atoms with Crippen LogP contribution in [-0.2, 0) is 16.0 Å². The summed E-state index contributed by atoms with van der Waals surface area (Å²) in [5, 5.41) is 3.80. The molecule has 1 saturated heterocycles. The second-order valence-corrected chi connectivity index (χ2v) is 6.14. The summed E-state index contributed by atoms with van der Waals surface area (Å²) in [6.45, 7) is 3.78. The van der Waals surface area contributed by atoms with E-state index < -0.39 is 0 Å². The van der Waals surface area contributed by atoms with E-state index in [-0.39, 0.29) is 18.5 Å². The molecule has 0 bridgehead atoms. The van der Waals surface area contributed by atoms with Gasteiger partial charge >= 0.3 is 0 Å². The first-order chi connectivity index (χ1) is 11.2. The van der Waals surface area contributed by atoms with Gasteiger partial charge in [0.1, 0.15) is 6.54 Å². The van der Waals surface area contributed by atoms with E-state index in [9.17, 15) is 9.59 Å². The first-order valence-electron chi connectivity index (χ1n) is 8.42. The molecule has 0 N–H and O–H groups in total. The molecule has 0 spiro atoms. The molecule has 126 valence electrons. The van der Waals surface area contributed by atoms with Crippen LogP contribution in [-0.4, -0.2) is 60.0 Å². The lowest BCUT2D eigenvalue weighted by Gasteiger charge is -2.31. The zero-order valence-electron chi connectivity index (χ0n) is 14.1. The number of amides is 2. The van der Waals surface area contributed by atoms with Gasteiger partial charge in [-0.1, -0.05) is 37.3 Å². The average molecular weight is 317 g/mol. The zero-order chi connectivity index (χ0) is 16.7. The van der Waals surface area contributed by atoms with Crippen LogP contribution in [0, 0.1) is 0 Å². The summed E-state index contributed by atoms with van der Waals surface area (Å²) in [6.07, 6.45) is 4.53. The van der Waals surface area contributed by atoms with Crippen LogP contribution in [0.3, 0.4) is 0 Å². The fourth-order valence-corrected chi connectivity index (χ4v) is 3.16. The summed E-state index contributed by atoms with van der Waals surface area (Å²) in [4.78, 5) is 25.4. The van der Waals surface area contributed by atoms with Crippen LogP contribution in [0.4, 0.5) is 0 Å². The third-order valence-corrected chi connectivity index (χ3v) is 4.47. The van der Waals surface area contributed by atoms with Crippen molar-refractivity contribution in [3.63, 3.8) is 0 Å². The Morgan fingerprint density at radius 3 is 2.74 bits per heavy atom. The highest BCUT2D eigenvalue weighted by Gasteiger charge is 2.32. The van der Waals surface area contributed by atoms with Crippen molar-refractivity contribution >= 4 is 12.3 Å². The lowest BCUT2D eigenvalue weighted by atomic mass is 10.1. The molecule has 0 unspecified atom stereocenters. The standard InChI is InChI=1S/C18H27N3O2/c1-3-17-11-13-19(2)21(17)18(23)14-20(15-22)12-7-10-16-8-5-4-6-9-16/h4-6,8-9,15,17H,3,7,10-14H2,1-2H3/t17-/m1/s1. The van der Waals surface area contributed by atoms with Crippen LogP contribution >= 0.6 is 0 Å². The fraction of sp³-hybridized carbons (Fsp3) is 0.556. The van der Waals surface area contributed by atoms with Gasteiger partial charge in [-0.15, -0.1) is 0 Å². The molecule has 2 amide bonds. The predicted molar refractivity (Wildman–Crippen MR) is 90.6 cm³/mol. The number of hydrazine groups is 1. The Morgan fingerprint density at radius 2 is 2.09 bits per heavy atom. The molecule has 0 aliphatic carbocycles. The topological polar surface area (TPSA) is 43.9 Å². The monoisotopic (exact) mass is 317 g/mol. The summed E-state index contributed by atoms with van der Waals surface area (Å²) in [5.41, 5.74) is 1.26. The molecule has 2 rings (SSSR count). The number of aryl methyl sites for hydroxylation is 1. The van der Waals surface area contributed by atoms with Gasteiger partial charge in [-0.25, -0.2) is 5.01 Å². The Balaban J connectivity index is 1.81. The van der Waals surface area contributed by atoms with Gasteiger partial charge in [0.15, 0.2) is 0 Å². The van der Waals surface area contributed by atoms with Crippen LogP contribution in [0.15, 0.2) is 30.3 Å². The summed E-state index contributed by atoms with van der Waals surface area (Å²) < 4.78 is 0. The highest BCUT2D eigenvalue weighted by molar-refractivity contribution is 5.80. The van der Waals surface area contributed by atoms with E-state index >= 15 is 0 Å². The Kier molecular flexibility index (Phi) is 6.59. The summed E-state index contributed by atoms with van der Waals surface area (Å²) in [7, 11) is 1.94. The Hall–Kier alpha value is -1.88. The average Bonchev–Trinajstić information content (AvgIpc) is 2.95. The minimum Gasteiger partial charge on any atom is -0.336 e. The summed E-state index contributed by atoms with van der Waals surface area (Å²) in [5.74, 6) is 0.0173. The quantitative estimate of drug-likeness (QED) is 0.688. The van der Waals surface area contributed by atoms with Crippen LogP contribution in [0.25, 0.3) is 0 Å². The lowest BCUT2D eigenvalue weighted by molar-refractivity contribution is -0.148. The number of carbonyl (C=O) groups is 2. The van der Waals surface area contributed by atoms with Crippen LogP contribution in [0.5, 0.6) is 0 Å². The fourth-order valence-electron chi connectivity index (χ4n) is 3.16. The molecule has 0 aromatic heterocycles. The summed E-state index contributed by atoms with van der Waals surface area (Å²) in [6, 6.07) is 10.5. The molecule has 1 heterocycles. The van der Waals surface area contributed by atoms with Crippen molar-refractivity contribution in [2.45, 2.75) is 38.6 Å². The van der Waals surface area contributed by atoms with Crippen molar-refractivity contribution in [1.29, 1.82) is 0 Å². The van der Waals surface area contributed by atoms with Gasteiger partial charge < -0.3 is 4.90 Å². The van der Waals surface area contributed by atoms with E-state index in [1.54, 1.807) is 4.90 Å². The Morgan fingerprint density at radius 1 is 1.35 bits per heavy atom. The van der Waals surface area contributed by atoms with Gasteiger partial charge in [0, 0.05) is 26.2 Å². The number of carbonyl (C=O) groups excluding carboxylic acids is 2. The molecule has 5 nitrogen and oxygen atoms in total. The molecule has 0 saturated carbocycles. The number of rotatable bonds is 8. The molecular weight excluding hydrogens is 290 g/mol. The minimum atomic E-state index is 0.0173. The Bertz CT molecular complexity index is 506. The maximum absolute atomic E-state index is 12.5. The smallest absolute Gasteiger partial charge is 0.256 e. The molecule has 23 heavy (non-hydrogen) atoms. The summed E-state index contributed by atoms with van der Waals surface area (Å²) >= 11 is 0. The number of hydrogen-bond acceptors (Lipinski definition) is 3. The third kappa shape index (κ3) is 4.79. The second kappa shape index (κ2) is 8.67. The molecule has 1 aromatic rings. The molecule has 1 aromatic carbocycles. The van der Waals surface area contributed by atoms with Crippen molar-refractivity contribution < 1.29 is 9.59 Å². The van der Waals surface area contributed by atoms with Crippen LogP contribution in [0.2, 0.25) is 0 Å². The van der Waals surface area contributed by atoms with Crippen molar-refractivity contribution in [3.8, 4) is 0 Å². The molecule has 5 heteroatoms. The van der Waals surface area contributed by atoms with Gasteiger partial charge in [-0.3, -0.25) is 14.6 Å². The second-order valence-electron chi connectivity index (χ2n) is 6.14. The minimum absolute atomic E-state index is 0.0173. The molecule has 0 radical (unpaired) electrons. The van der Waals surface area contributed by atoms with E-state index in [1.165, 1.54) is 5.56 Å². The van der Waals surface area contributed by atoms with Crippen molar-refractivity contribution in [3.05, 3.63) is 35.9 Å². The van der Waals surface area contributed by atoms with E-state index in [2.05, 4.69) is 19.1 Å². The number of benzene rings is 1. The van der Waals surface area contributed by atoms with Gasteiger partial charge in [0.05, 0.1) is 0 Å². The third-order valence-electron chi connectivity index (χ3n) is 4.47. The predicted octanol–water partition coefficient (Wildman–Crippen LogP) is 1.94. The van der Waals surface area contributed by atoms with E-state index in [4.69, 9.17) is 0 Å². The number of hydrogen-bond donors (Lipinski definition) is 0. The molecule has 1 aliphatic heterocycles. The van der Waals surface area contributed by atoms with Crippen LogP contribution in [0.1, 0.15) is 31.7 Å². The SMILES string of the molecule is CC[C@@H]1CCN(C)N1C(=O)CN(C=O)CCCc1ccccc1. The van der Waals surface area contributed by atoms with Crippen molar-refractivity contribution in [2.24, 2.45) is 0 Å². The van der Waals surface area contributed by atoms with E-state index in [1.807, 2.05) is 35.3 Å². The molecular formula is C18H27N3O2. The maximum atomic E-state index is 12.5. The zero-order valence-corrected chi connectivity index (χ0v) is 14.1. The van der Waals surface area contributed by atoms with Crippen LogP contribution < -0.4 is 0 Å². The lowest BCUT2D eigenvalue weighted by Crippen LogP contribution is -2.48. The number of nitrogens with zero attached hydrogens (tertiary/aromatic N) is 3. The largest absolute Gasteiger partial charge is 0.336 e. The van der Waals surface area contributed by atoms with Gasteiger partial charge in [0.25, 0.3) is 5.91 Å². The maximum Gasteiger partial charge on any atom is 0.256 e. The van der Waals surface area contributed by atoms with E-state index in [0.29, 0.717) is 6.54 Å². The van der Waals surface area contributed by atoms with E-state index in [0.717, 1.165) is 38.6 Å². The van der Waals surface area contributed by atoms with Crippen molar-refractivity contribution in [2.75, 3.05) is 26.7 Å². The molecule has 1 fully saturated rings. The van der Waals surface area contributed by atoms with Gasteiger partial charge in [-0.05, 0) is 31.2 Å². The van der Waals surface area contributed by atoms with Gasteiger partial charge in [0.2, 0.25) is 6.41 Å². The molecule has 1 atom stereocenters. The molecule has 1 aliphatic rings. The highest BCUT2D eigenvalue weighted by atomic mass is 16.2.